The lowest BCUT2D eigenvalue weighted by atomic mass is 9.97. The van der Waals surface area contributed by atoms with Crippen molar-refractivity contribution in [2.24, 2.45) is 11.7 Å². The first-order chi connectivity index (χ1) is 8.39. The molecule has 2 heterocycles. The van der Waals surface area contributed by atoms with Gasteiger partial charge in [0, 0.05) is 32.2 Å². The van der Waals surface area contributed by atoms with E-state index in [4.69, 9.17) is 10.5 Å². The molecule has 0 saturated carbocycles. The first kappa shape index (κ1) is 13.6. The number of carbonyl (C=O) groups excluding carboxylic acids is 1. The Labute approximate surface area is 109 Å². The summed E-state index contributed by atoms with van der Waals surface area (Å²) in [4.78, 5) is 16.2. The predicted octanol–water partition coefficient (Wildman–Crippen LogP) is 0.886. The van der Waals surface area contributed by atoms with E-state index in [1.54, 1.807) is 0 Å². The van der Waals surface area contributed by atoms with E-state index in [1.165, 1.54) is 0 Å². The number of ether oxygens (including phenoxy) is 1. The van der Waals surface area contributed by atoms with Crippen molar-refractivity contribution in [3.63, 3.8) is 0 Å². The van der Waals surface area contributed by atoms with Gasteiger partial charge in [0.25, 0.3) is 0 Å². The Morgan fingerprint density at radius 2 is 2.00 bits per heavy atom. The molecule has 2 aliphatic rings. The molecular weight excluding hydrogens is 230 g/mol. The van der Waals surface area contributed by atoms with Gasteiger partial charge < -0.3 is 15.4 Å². The van der Waals surface area contributed by atoms with E-state index in [9.17, 15) is 4.79 Å². The fourth-order valence-electron chi connectivity index (χ4n) is 2.59. The maximum atomic E-state index is 11.9. The molecule has 0 spiro atoms. The van der Waals surface area contributed by atoms with Gasteiger partial charge in [0.05, 0.1) is 0 Å². The van der Waals surface area contributed by atoms with Crippen molar-refractivity contribution in [2.75, 3.05) is 32.7 Å². The second-order valence-corrected chi connectivity index (χ2v) is 6.42. The fraction of sp³-hybridized carbons (Fsp3) is 0.923. The van der Waals surface area contributed by atoms with Gasteiger partial charge in [0.1, 0.15) is 5.60 Å². The van der Waals surface area contributed by atoms with Crippen LogP contribution in [0.2, 0.25) is 0 Å². The lowest BCUT2D eigenvalue weighted by molar-refractivity contribution is 0.0237. The number of carbonyl (C=O) groups is 1. The van der Waals surface area contributed by atoms with Gasteiger partial charge in [-0.3, -0.25) is 4.90 Å². The summed E-state index contributed by atoms with van der Waals surface area (Å²) >= 11 is 0. The van der Waals surface area contributed by atoms with Crippen LogP contribution in [0.5, 0.6) is 0 Å². The van der Waals surface area contributed by atoms with Gasteiger partial charge >= 0.3 is 6.09 Å². The van der Waals surface area contributed by atoms with Crippen molar-refractivity contribution in [1.82, 2.24) is 9.80 Å². The molecule has 2 fully saturated rings. The average molecular weight is 255 g/mol. The zero-order chi connectivity index (χ0) is 13.3. The Balaban J connectivity index is 1.77. The Morgan fingerprint density at radius 3 is 2.56 bits per heavy atom. The Morgan fingerprint density at radius 1 is 1.33 bits per heavy atom. The van der Waals surface area contributed by atoms with Crippen LogP contribution in [0.1, 0.15) is 27.2 Å². The van der Waals surface area contributed by atoms with Gasteiger partial charge in [0.2, 0.25) is 0 Å². The van der Waals surface area contributed by atoms with E-state index in [1.807, 2.05) is 25.7 Å². The summed E-state index contributed by atoms with van der Waals surface area (Å²) in [6.07, 6.45) is 0.872. The summed E-state index contributed by atoms with van der Waals surface area (Å²) in [5.74, 6) is 0.653. The summed E-state index contributed by atoms with van der Waals surface area (Å²) < 4.78 is 5.39. The quantitative estimate of drug-likeness (QED) is 0.796. The summed E-state index contributed by atoms with van der Waals surface area (Å²) in [7, 11) is 0. The number of hydrogen-bond acceptors (Lipinski definition) is 4. The van der Waals surface area contributed by atoms with Gasteiger partial charge in [-0.1, -0.05) is 0 Å². The first-order valence-electron chi connectivity index (χ1n) is 6.81. The first-order valence-corrected chi connectivity index (χ1v) is 6.81. The van der Waals surface area contributed by atoms with Crippen LogP contribution in [0.4, 0.5) is 4.79 Å². The highest BCUT2D eigenvalue weighted by Gasteiger charge is 2.37. The Bertz CT molecular complexity index is 308. The summed E-state index contributed by atoms with van der Waals surface area (Å²) in [5.41, 5.74) is 5.22. The molecule has 0 aromatic heterocycles. The highest BCUT2D eigenvalue weighted by molar-refractivity contribution is 5.68. The third-order valence-electron chi connectivity index (χ3n) is 3.65. The molecule has 0 radical (unpaired) electrons. The zero-order valence-corrected chi connectivity index (χ0v) is 11.7. The maximum Gasteiger partial charge on any atom is 0.410 e. The molecule has 5 nitrogen and oxygen atoms in total. The van der Waals surface area contributed by atoms with Crippen LogP contribution in [0.3, 0.4) is 0 Å². The normalized spacial score (nSPS) is 26.2. The molecule has 18 heavy (non-hydrogen) atoms. The lowest BCUT2D eigenvalue weighted by Gasteiger charge is -2.42. The van der Waals surface area contributed by atoms with E-state index in [-0.39, 0.29) is 6.09 Å². The highest BCUT2D eigenvalue weighted by Crippen LogP contribution is 2.24. The molecule has 0 aromatic carbocycles. The van der Waals surface area contributed by atoms with Crippen molar-refractivity contribution in [2.45, 2.75) is 38.8 Å². The van der Waals surface area contributed by atoms with Gasteiger partial charge in [0.15, 0.2) is 0 Å². The molecule has 2 saturated heterocycles. The zero-order valence-electron chi connectivity index (χ0n) is 11.7. The van der Waals surface area contributed by atoms with Crippen molar-refractivity contribution in [1.29, 1.82) is 0 Å². The number of nitrogens with zero attached hydrogens (tertiary/aromatic N) is 2. The summed E-state index contributed by atoms with van der Waals surface area (Å²) in [6, 6.07) is 0.500. The number of hydrogen-bond donors (Lipinski definition) is 1. The van der Waals surface area contributed by atoms with Gasteiger partial charge in [-0.25, -0.2) is 4.79 Å². The minimum atomic E-state index is -0.406. The topological polar surface area (TPSA) is 58.8 Å². The molecule has 2 rings (SSSR count). The Kier molecular flexibility index (Phi) is 3.82. The smallest absolute Gasteiger partial charge is 0.410 e. The molecule has 0 bridgehead atoms. The van der Waals surface area contributed by atoms with Crippen LogP contribution in [0.15, 0.2) is 0 Å². The molecule has 0 unspecified atom stereocenters. The second kappa shape index (κ2) is 5.05. The number of rotatable bonds is 2. The van der Waals surface area contributed by atoms with Crippen LogP contribution >= 0.6 is 0 Å². The van der Waals surface area contributed by atoms with Gasteiger partial charge in [-0.2, -0.15) is 0 Å². The van der Waals surface area contributed by atoms with E-state index >= 15 is 0 Å². The molecule has 1 amide bonds. The molecule has 2 N–H and O–H groups in total. The lowest BCUT2D eigenvalue weighted by Crippen LogP contribution is -2.55. The monoisotopic (exact) mass is 255 g/mol. The van der Waals surface area contributed by atoms with E-state index in [0.29, 0.717) is 12.0 Å². The summed E-state index contributed by atoms with van der Waals surface area (Å²) in [6.45, 7) is 10.3. The van der Waals surface area contributed by atoms with Gasteiger partial charge in [-0.15, -0.1) is 0 Å². The molecule has 2 aliphatic heterocycles. The average Bonchev–Trinajstić information content (AvgIpc) is 2.62. The molecule has 0 aromatic rings. The van der Waals surface area contributed by atoms with E-state index < -0.39 is 5.60 Å². The highest BCUT2D eigenvalue weighted by atomic mass is 16.6. The van der Waals surface area contributed by atoms with E-state index in [0.717, 1.165) is 39.1 Å². The fourth-order valence-corrected chi connectivity index (χ4v) is 2.59. The third-order valence-corrected chi connectivity index (χ3v) is 3.65. The van der Waals surface area contributed by atoms with Crippen LogP contribution in [0, 0.1) is 5.92 Å². The minimum Gasteiger partial charge on any atom is -0.444 e. The largest absolute Gasteiger partial charge is 0.444 e. The van der Waals surface area contributed by atoms with Crippen molar-refractivity contribution >= 4 is 6.09 Å². The number of amides is 1. The number of nitrogens with two attached hydrogens (primary N) is 1. The van der Waals surface area contributed by atoms with Crippen LogP contribution in [-0.4, -0.2) is 60.3 Å². The second-order valence-electron chi connectivity index (χ2n) is 6.42. The van der Waals surface area contributed by atoms with Crippen LogP contribution < -0.4 is 5.73 Å². The number of likely N-dealkylation sites (tertiary alicyclic amines) is 2. The van der Waals surface area contributed by atoms with Gasteiger partial charge in [-0.05, 0) is 39.7 Å². The minimum absolute atomic E-state index is 0.180. The van der Waals surface area contributed by atoms with Crippen molar-refractivity contribution in [3.8, 4) is 0 Å². The predicted molar refractivity (Wildman–Crippen MR) is 70.3 cm³/mol. The third kappa shape index (κ3) is 3.14. The summed E-state index contributed by atoms with van der Waals surface area (Å²) in [5, 5.41) is 0. The van der Waals surface area contributed by atoms with Crippen LogP contribution in [-0.2, 0) is 4.74 Å². The van der Waals surface area contributed by atoms with Crippen molar-refractivity contribution in [3.05, 3.63) is 0 Å². The molecule has 1 atom stereocenters. The molecular formula is C13H25N3O2. The molecule has 0 aliphatic carbocycles. The molecule has 104 valence electrons. The Hall–Kier alpha value is -0.810. The van der Waals surface area contributed by atoms with Crippen LogP contribution in [0.25, 0.3) is 0 Å². The van der Waals surface area contributed by atoms with E-state index in [2.05, 4.69) is 4.90 Å². The SMILES string of the molecule is CC(C)(C)OC(=O)N1CC[C@@H](N2CC(CN)C2)C1. The maximum absolute atomic E-state index is 11.9. The van der Waals surface area contributed by atoms with Crippen molar-refractivity contribution < 1.29 is 9.53 Å². The molecule has 5 heteroatoms. The standard InChI is InChI=1S/C13H25N3O2/c1-13(2,3)18-12(17)15-5-4-11(9-15)16-7-10(6-14)8-16/h10-11H,4-9,14H2,1-3H3/t11-/m1/s1.